The standard InChI is InChI=1S/C21H20F3N3O/c1-14-9-15(2)27(26-14)13-17-6-3-7-18(10-17)20(28)25-12-16-5-4-8-19(11-16)21(22,23)24/h3-11H,12-13H2,1-2H3,(H,25,28). The van der Waals surface area contributed by atoms with Crippen LogP contribution in [0.4, 0.5) is 13.2 Å². The highest BCUT2D eigenvalue weighted by atomic mass is 19.4. The van der Waals surface area contributed by atoms with Crippen molar-refractivity contribution in [3.8, 4) is 0 Å². The Morgan fingerprint density at radius 1 is 1.04 bits per heavy atom. The van der Waals surface area contributed by atoms with Crippen molar-refractivity contribution >= 4 is 5.91 Å². The third kappa shape index (κ3) is 4.79. The molecule has 0 aliphatic heterocycles. The van der Waals surface area contributed by atoms with Crippen molar-refractivity contribution in [2.24, 2.45) is 0 Å². The summed E-state index contributed by atoms with van der Waals surface area (Å²) in [4.78, 5) is 12.4. The van der Waals surface area contributed by atoms with Gasteiger partial charge in [0.25, 0.3) is 5.91 Å². The van der Waals surface area contributed by atoms with E-state index in [9.17, 15) is 18.0 Å². The van der Waals surface area contributed by atoms with Crippen molar-refractivity contribution < 1.29 is 18.0 Å². The topological polar surface area (TPSA) is 46.9 Å². The summed E-state index contributed by atoms with van der Waals surface area (Å²) in [7, 11) is 0. The van der Waals surface area contributed by atoms with Gasteiger partial charge in [-0.3, -0.25) is 9.48 Å². The average Bonchev–Trinajstić information content (AvgIpc) is 2.96. The number of hydrogen-bond donors (Lipinski definition) is 1. The fourth-order valence-corrected chi connectivity index (χ4v) is 2.96. The molecule has 0 atom stereocenters. The molecule has 1 aromatic heterocycles. The van der Waals surface area contributed by atoms with Crippen LogP contribution in [-0.4, -0.2) is 15.7 Å². The predicted molar refractivity (Wildman–Crippen MR) is 99.9 cm³/mol. The van der Waals surface area contributed by atoms with Gasteiger partial charge >= 0.3 is 6.18 Å². The summed E-state index contributed by atoms with van der Waals surface area (Å²) in [5, 5.41) is 7.08. The van der Waals surface area contributed by atoms with Crippen molar-refractivity contribution in [3.05, 3.63) is 88.2 Å². The number of carbonyl (C=O) groups is 1. The molecule has 28 heavy (non-hydrogen) atoms. The number of halogens is 3. The lowest BCUT2D eigenvalue weighted by atomic mass is 10.1. The fraction of sp³-hybridized carbons (Fsp3) is 0.238. The van der Waals surface area contributed by atoms with Crippen molar-refractivity contribution in [1.82, 2.24) is 15.1 Å². The molecule has 3 aromatic rings. The Morgan fingerprint density at radius 2 is 1.75 bits per heavy atom. The molecule has 1 amide bonds. The summed E-state index contributed by atoms with van der Waals surface area (Å²) in [6, 6.07) is 14.0. The van der Waals surface area contributed by atoms with Crippen LogP contribution in [0.1, 0.15) is 38.4 Å². The Morgan fingerprint density at radius 3 is 2.43 bits per heavy atom. The van der Waals surface area contributed by atoms with Crippen LogP contribution in [-0.2, 0) is 19.3 Å². The summed E-state index contributed by atoms with van der Waals surface area (Å²) < 4.78 is 40.2. The Bertz CT molecular complexity index is 993. The van der Waals surface area contributed by atoms with Crippen LogP contribution in [0.2, 0.25) is 0 Å². The zero-order chi connectivity index (χ0) is 20.3. The molecule has 0 bridgehead atoms. The minimum atomic E-state index is -4.41. The van der Waals surface area contributed by atoms with Crippen LogP contribution in [0.3, 0.4) is 0 Å². The molecule has 2 aromatic carbocycles. The Hall–Kier alpha value is -3.09. The van der Waals surface area contributed by atoms with E-state index in [1.807, 2.05) is 30.7 Å². The molecule has 0 saturated carbocycles. The molecule has 0 aliphatic rings. The van der Waals surface area contributed by atoms with Crippen LogP contribution in [0.25, 0.3) is 0 Å². The number of amides is 1. The molecular formula is C21H20F3N3O. The van der Waals surface area contributed by atoms with Crippen LogP contribution in [0.5, 0.6) is 0 Å². The Labute approximate surface area is 161 Å². The molecule has 0 aliphatic carbocycles. The zero-order valence-electron chi connectivity index (χ0n) is 15.5. The predicted octanol–water partition coefficient (Wildman–Crippen LogP) is 4.50. The summed E-state index contributed by atoms with van der Waals surface area (Å²) in [5.74, 6) is -0.340. The summed E-state index contributed by atoms with van der Waals surface area (Å²) in [6.07, 6.45) is -4.41. The van der Waals surface area contributed by atoms with E-state index in [0.29, 0.717) is 17.7 Å². The molecule has 0 spiro atoms. The molecular weight excluding hydrogens is 367 g/mol. The molecule has 1 heterocycles. The van der Waals surface area contributed by atoms with Crippen LogP contribution in [0.15, 0.2) is 54.6 Å². The van der Waals surface area contributed by atoms with Crippen LogP contribution >= 0.6 is 0 Å². The number of aromatic nitrogens is 2. The highest BCUT2D eigenvalue weighted by Crippen LogP contribution is 2.29. The maximum atomic E-state index is 12.8. The second-order valence-corrected chi connectivity index (χ2v) is 6.67. The third-order valence-corrected chi connectivity index (χ3v) is 4.33. The first-order valence-corrected chi connectivity index (χ1v) is 8.77. The first-order chi connectivity index (χ1) is 13.2. The quantitative estimate of drug-likeness (QED) is 0.701. The van der Waals surface area contributed by atoms with Gasteiger partial charge in [-0.15, -0.1) is 0 Å². The molecule has 0 fully saturated rings. The van der Waals surface area contributed by atoms with E-state index in [1.165, 1.54) is 6.07 Å². The summed E-state index contributed by atoms with van der Waals surface area (Å²) in [6.45, 7) is 4.44. The van der Waals surface area contributed by atoms with Gasteiger partial charge in [0.2, 0.25) is 0 Å². The number of rotatable bonds is 5. The Balaban J connectivity index is 1.67. The second-order valence-electron chi connectivity index (χ2n) is 6.67. The number of nitrogens with zero attached hydrogens (tertiary/aromatic N) is 2. The molecule has 0 saturated heterocycles. The van der Waals surface area contributed by atoms with E-state index in [0.717, 1.165) is 29.1 Å². The van der Waals surface area contributed by atoms with Gasteiger partial charge in [0.1, 0.15) is 0 Å². The number of benzene rings is 2. The summed E-state index contributed by atoms with van der Waals surface area (Å²) in [5.41, 5.74) is 2.97. The number of nitrogens with one attached hydrogen (secondary N) is 1. The van der Waals surface area contributed by atoms with E-state index < -0.39 is 11.7 Å². The molecule has 146 valence electrons. The second kappa shape index (κ2) is 7.88. The van der Waals surface area contributed by atoms with Crippen molar-refractivity contribution in [2.45, 2.75) is 33.1 Å². The van der Waals surface area contributed by atoms with Gasteiger partial charge in [0, 0.05) is 17.8 Å². The monoisotopic (exact) mass is 387 g/mol. The SMILES string of the molecule is Cc1cc(C)n(Cc2cccc(C(=O)NCc3cccc(C(F)(F)F)c3)c2)n1. The van der Waals surface area contributed by atoms with Crippen LogP contribution in [0, 0.1) is 13.8 Å². The maximum Gasteiger partial charge on any atom is 0.416 e. The minimum absolute atomic E-state index is 0.0183. The Kier molecular flexibility index (Phi) is 5.53. The van der Waals surface area contributed by atoms with Gasteiger partial charge < -0.3 is 5.32 Å². The lowest BCUT2D eigenvalue weighted by Crippen LogP contribution is -2.23. The van der Waals surface area contributed by atoms with Crippen molar-refractivity contribution in [1.29, 1.82) is 0 Å². The normalized spacial score (nSPS) is 11.5. The largest absolute Gasteiger partial charge is 0.416 e. The van der Waals surface area contributed by atoms with Gasteiger partial charge in [-0.25, -0.2) is 0 Å². The van der Waals surface area contributed by atoms with Gasteiger partial charge in [-0.1, -0.05) is 24.3 Å². The summed E-state index contributed by atoms with van der Waals surface area (Å²) >= 11 is 0. The third-order valence-electron chi connectivity index (χ3n) is 4.33. The molecule has 3 rings (SSSR count). The molecule has 0 unspecified atom stereocenters. The lowest BCUT2D eigenvalue weighted by molar-refractivity contribution is -0.137. The molecule has 0 radical (unpaired) electrons. The molecule has 4 nitrogen and oxygen atoms in total. The highest BCUT2D eigenvalue weighted by molar-refractivity contribution is 5.94. The van der Waals surface area contributed by atoms with Crippen LogP contribution < -0.4 is 5.32 Å². The van der Waals surface area contributed by atoms with Gasteiger partial charge in [-0.2, -0.15) is 18.3 Å². The van der Waals surface area contributed by atoms with E-state index in [2.05, 4.69) is 10.4 Å². The average molecular weight is 387 g/mol. The lowest BCUT2D eigenvalue weighted by Gasteiger charge is -2.10. The minimum Gasteiger partial charge on any atom is -0.348 e. The highest BCUT2D eigenvalue weighted by Gasteiger charge is 2.30. The fourth-order valence-electron chi connectivity index (χ4n) is 2.96. The number of hydrogen-bond acceptors (Lipinski definition) is 2. The van der Waals surface area contributed by atoms with Crippen molar-refractivity contribution in [2.75, 3.05) is 0 Å². The van der Waals surface area contributed by atoms with E-state index in [4.69, 9.17) is 0 Å². The van der Waals surface area contributed by atoms with Gasteiger partial charge in [-0.05, 0) is 55.3 Å². The molecule has 7 heteroatoms. The number of carbonyl (C=O) groups excluding carboxylic acids is 1. The van der Waals surface area contributed by atoms with Crippen molar-refractivity contribution in [3.63, 3.8) is 0 Å². The smallest absolute Gasteiger partial charge is 0.348 e. The maximum absolute atomic E-state index is 12.8. The number of alkyl halides is 3. The zero-order valence-corrected chi connectivity index (χ0v) is 15.5. The first-order valence-electron chi connectivity index (χ1n) is 8.77. The number of aryl methyl sites for hydroxylation is 2. The first kappa shape index (κ1) is 19.7. The van der Waals surface area contributed by atoms with E-state index in [1.54, 1.807) is 24.3 Å². The van der Waals surface area contributed by atoms with E-state index >= 15 is 0 Å². The van der Waals surface area contributed by atoms with Gasteiger partial charge in [0.05, 0.1) is 17.8 Å². The molecule has 1 N–H and O–H groups in total. The van der Waals surface area contributed by atoms with Gasteiger partial charge in [0.15, 0.2) is 0 Å². The van der Waals surface area contributed by atoms with E-state index in [-0.39, 0.29) is 12.5 Å².